The van der Waals surface area contributed by atoms with Crippen molar-refractivity contribution in [3.05, 3.63) is 96.3 Å². The Morgan fingerprint density at radius 1 is 0.868 bits per heavy atom. The molecule has 3 aromatic carbocycles. The Balaban J connectivity index is 1.13. The van der Waals surface area contributed by atoms with Crippen molar-refractivity contribution in [2.24, 2.45) is 5.92 Å². The van der Waals surface area contributed by atoms with Gasteiger partial charge in [-0.1, -0.05) is 60.7 Å². The predicted octanol–water partition coefficient (Wildman–Crippen LogP) is 5.41. The molecular formula is C31H34N4O2S. The summed E-state index contributed by atoms with van der Waals surface area (Å²) < 4.78 is 32.5. The molecule has 2 aliphatic heterocycles. The number of aryl methyl sites for hydroxylation is 1. The molecular weight excluding hydrogens is 492 g/mol. The normalized spacial score (nSPS) is 29.1. The second kappa shape index (κ2) is 9.04. The molecule has 3 fully saturated rings. The van der Waals surface area contributed by atoms with Gasteiger partial charge in [0.2, 0.25) is 10.0 Å². The summed E-state index contributed by atoms with van der Waals surface area (Å²) in [4.78, 5) is 7.86. The molecule has 3 aliphatic rings. The third kappa shape index (κ3) is 3.99. The number of nitrogens with one attached hydrogen (secondary N) is 1. The lowest BCUT2D eigenvalue weighted by Crippen LogP contribution is -2.46. The highest BCUT2D eigenvalue weighted by molar-refractivity contribution is 7.89. The van der Waals surface area contributed by atoms with Crippen LogP contribution in [0.25, 0.3) is 11.0 Å². The van der Waals surface area contributed by atoms with E-state index in [1.807, 2.05) is 24.3 Å². The second-order valence-electron chi connectivity index (χ2n) is 11.4. The highest BCUT2D eigenvalue weighted by Crippen LogP contribution is 2.55. The maximum absolute atomic E-state index is 13.4. The first-order chi connectivity index (χ1) is 18.4. The maximum atomic E-state index is 13.4. The molecule has 0 spiro atoms. The molecule has 38 heavy (non-hydrogen) atoms. The van der Waals surface area contributed by atoms with Gasteiger partial charge in [-0.05, 0) is 74.8 Å². The van der Waals surface area contributed by atoms with Crippen LogP contribution in [0.3, 0.4) is 0 Å². The molecule has 1 N–H and O–H groups in total. The SMILES string of the molecule is Cc1nc2ccccc2n1C1CC2CCC(C1)N2C[C@H]1C[C@]1(NS(=O)(=O)c1ccccc1)c1ccccc1. The molecule has 1 aliphatic carbocycles. The summed E-state index contributed by atoms with van der Waals surface area (Å²) in [6, 6.07) is 28.9. The number of piperidine rings is 1. The van der Waals surface area contributed by atoms with Gasteiger partial charge in [-0.15, -0.1) is 0 Å². The molecule has 7 rings (SSSR count). The van der Waals surface area contributed by atoms with Crippen molar-refractivity contribution >= 4 is 21.1 Å². The smallest absolute Gasteiger partial charge is 0.241 e. The Morgan fingerprint density at radius 3 is 2.21 bits per heavy atom. The molecule has 0 radical (unpaired) electrons. The zero-order valence-corrected chi connectivity index (χ0v) is 22.5. The van der Waals surface area contributed by atoms with E-state index >= 15 is 0 Å². The van der Waals surface area contributed by atoms with Crippen molar-refractivity contribution < 1.29 is 8.42 Å². The Morgan fingerprint density at radius 2 is 1.50 bits per heavy atom. The zero-order chi connectivity index (χ0) is 25.9. The minimum Gasteiger partial charge on any atom is -0.325 e. The molecule has 2 bridgehead atoms. The largest absolute Gasteiger partial charge is 0.325 e. The lowest BCUT2D eigenvalue weighted by molar-refractivity contribution is 0.0991. The van der Waals surface area contributed by atoms with E-state index in [0.717, 1.165) is 42.7 Å². The van der Waals surface area contributed by atoms with Gasteiger partial charge in [0.15, 0.2) is 0 Å². The standard InChI is InChI=1S/C31H34N4O2S/c1-22-32-29-14-8-9-15-30(29)35(22)27-18-25-16-17-26(19-27)34(25)21-24-20-31(24,23-10-4-2-5-11-23)33-38(36,37)28-12-6-3-7-13-28/h2-15,24-27,33H,16-21H2,1H3/t24-,25?,26?,27?,31+/m1/s1. The van der Waals surface area contributed by atoms with Crippen molar-refractivity contribution in [3.63, 3.8) is 0 Å². The Hall–Kier alpha value is -3.00. The quantitative estimate of drug-likeness (QED) is 0.350. The van der Waals surface area contributed by atoms with E-state index in [2.05, 4.69) is 57.5 Å². The number of imidazole rings is 1. The van der Waals surface area contributed by atoms with Crippen molar-refractivity contribution in [2.75, 3.05) is 6.54 Å². The number of hydrogen-bond donors (Lipinski definition) is 1. The third-order valence-electron chi connectivity index (χ3n) is 9.19. The third-order valence-corrected chi connectivity index (χ3v) is 10.7. The van der Waals surface area contributed by atoms with Gasteiger partial charge in [-0.3, -0.25) is 4.90 Å². The molecule has 1 saturated carbocycles. The van der Waals surface area contributed by atoms with Gasteiger partial charge in [0.05, 0.1) is 21.5 Å². The number of rotatable bonds is 7. The summed E-state index contributed by atoms with van der Waals surface area (Å²) in [5.74, 6) is 1.35. The van der Waals surface area contributed by atoms with Gasteiger partial charge in [0.25, 0.3) is 0 Å². The monoisotopic (exact) mass is 526 g/mol. The first-order valence-electron chi connectivity index (χ1n) is 13.8. The zero-order valence-electron chi connectivity index (χ0n) is 21.7. The van der Waals surface area contributed by atoms with E-state index in [9.17, 15) is 8.42 Å². The lowest BCUT2D eigenvalue weighted by Gasteiger charge is -2.40. The van der Waals surface area contributed by atoms with Crippen LogP contribution in [0.1, 0.15) is 49.5 Å². The highest BCUT2D eigenvalue weighted by Gasteiger charge is 2.59. The Bertz CT molecular complexity index is 1560. The number of fused-ring (bicyclic) bond motifs is 3. The van der Waals surface area contributed by atoms with E-state index in [-0.39, 0.29) is 5.92 Å². The average Bonchev–Trinajstić information content (AvgIpc) is 3.42. The van der Waals surface area contributed by atoms with E-state index in [1.54, 1.807) is 24.3 Å². The molecule has 3 heterocycles. The van der Waals surface area contributed by atoms with Crippen LogP contribution in [0.5, 0.6) is 0 Å². The first-order valence-corrected chi connectivity index (χ1v) is 15.3. The molecule has 7 heteroatoms. The topological polar surface area (TPSA) is 67.2 Å². The lowest BCUT2D eigenvalue weighted by atomic mass is 9.95. The number of sulfonamides is 1. The van der Waals surface area contributed by atoms with Crippen LogP contribution in [0, 0.1) is 12.8 Å². The van der Waals surface area contributed by atoms with Crippen molar-refractivity contribution in [1.82, 2.24) is 19.2 Å². The van der Waals surface area contributed by atoms with Crippen LogP contribution in [0.4, 0.5) is 0 Å². The van der Waals surface area contributed by atoms with Crippen molar-refractivity contribution in [3.8, 4) is 0 Å². The van der Waals surface area contributed by atoms with Crippen LogP contribution in [0.15, 0.2) is 89.8 Å². The predicted molar refractivity (Wildman–Crippen MR) is 149 cm³/mol. The summed E-state index contributed by atoms with van der Waals surface area (Å²) >= 11 is 0. The maximum Gasteiger partial charge on any atom is 0.241 e. The molecule has 2 unspecified atom stereocenters. The van der Waals surface area contributed by atoms with E-state index in [0.29, 0.717) is 23.0 Å². The van der Waals surface area contributed by atoms with Gasteiger partial charge in [-0.25, -0.2) is 18.1 Å². The summed E-state index contributed by atoms with van der Waals surface area (Å²) in [5.41, 5.74) is 2.83. The van der Waals surface area contributed by atoms with Crippen LogP contribution in [-0.4, -0.2) is 41.5 Å². The van der Waals surface area contributed by atoms with Gasteiger partial charge in [0.1, 0.15) is 5.82 Å². The molecule has 2 saturated heterocycles. The number of hydrogen-bond acceptors (Lipinski definition) is 4. The van der Waals surface area contributed by atoms with Crippen LogP contribution in [-0.2, 0) is 15.6 Å². The number of benzene rings is 3. The first kappa shape index (κ1) is 24.1. The van der Waals surface area contributed by atoms with E-state index in [4.69, 9.17) is 4.98 Å². The second-order valence-corrected chi connectivity index (χ2v) is 13.1. The molecule has 1 aromatic heterocycles. The van der Waals surface area contributed by atoms with E-state index in [1.165, 1.54) is 18.4 Å². The number of para-hydroxylation sites is 2. The molecule has 4 aromatic rings. The Kier molecular flexibility index (Phi) is 5.73. The summed E-state index contributed by atoms with van der Waals surface area (Å²) in [6.45, 7) is 3.06. The van der Waals surface area contributed by atoms with Crippen LogP contribution < -0.4 is 4.72 Å². The van der Waals surface area contributed by atoms with Gasteiger partial charge >= 0.3 is 0 Å². The van der Waals surface area contributed by atoms with Crippen LogP contribution >= 0.6 is 0 Å². The highest BCUT2D eigenvalue weighted by atomic mass is 32.2. The summed E-state index contributed by atoms with van der Waals surface area (Å²) in [5, 5.41) is 0. The summed E-state index contributed by atoms with van der Waals surface area (Å²) in [6.07, 6.45) is 5.51. The van der Waals surface area contributed by atoms with Gasteiger partial charge in [-0.2, -0.15) is 0 Å². The van der Waals surface area contributed by atoms with Gasteiger partial charge in [0, 0.05) is 24.7 Å². The molecule has 0 amide bonds. The van der Waals surface area contributed by atoms with Crippen molar-refractivity contribution in [1.29, 1.82) is 0 Å². The number of aromatic nitrogens is 2. The summed E-state index contributed by atoms with van der Waals surface area (Å²) in [7, 11) is -3.63. The van der Waals surface area contributed by atoms with Crippen molar-refractivity contribution in [2.45, 2.75) is 67.6 Å². The minimum atomic E-state index is -3.63. The molecule has 6 nitrogen and oxygen atoms in total. The van der Waals surface area contributed by atoms with Crippen LogP contribution in [0.2, 0.25) is 0 Å². The van der Waals surface area contributed by atoms with Gasteiger partial charge < -0.3 is 4.57 Å². The fraction of sp³-hybridized carbons (Fsp3) is 0.387. The fourth-order valence-corrected chi connectivity index (χ4v) is 8.84. The fourth-order valence-electron chi connectivity index (χ4n) is 7.36. The molecule has 4 atom stereocenters. The average molecular weight is 527 g/mol. The molecule has 196 valence electrons. The minimum absolute atomic E-state index is 0.249. The number of nitrogens with zero attached hydrogens (tertiary/aromatic N) is 3. The van der Waals surface area contributed by atoms with E-state index < -0.39 is 15.6 Å². The Labute approximate surface area is 224 Å².